The van der Waals surface area contributed by atoms with Crippen LogP contribution in [0.25, 0.3) is 0 Å². The van der Waals surface area contributed by atoms with Crippen LogP contribution in [0.4, 0.5) is 4.39 Å². The van der Waals surface area contributed by atoms with Crippen molar-refractivity contribution in [1.82, 2.24) is 5.32 Å². The summed E-state index contributed by atoms with van der Waals surface area (Å²) >= 11 is 0. The van der Waals surface area contributed by atoms with Crippen LogP contribution in [0, 0.1) is 24.6 Å². The lowest BCUT2D eigenvalue weighted by Gasteiger charge is -2.35. The average molecular weight is 277 g/mol. The first kappa shape index (κ1) is 15.5. The molecule has 0 amide bonds. The van der Waals surface area contributed by atoms with Gasteiger partial charge < -0.3 is 5.32 Å². The molecule has 20 heavy (non-hydrogen) atoms. The number of hydrogen-bond donors (Lipinski definition) is 1. The quantitative estimate of drug-likeness (QED) is 0.798. The van der Waals surface area contributed by atoms with Gasteiger partial charge >= 0.3 is 0 Å². The van der Waals surface area contributed by atoms with Gasteiger partial charge in [0.1, 0.15) is 5.82 Å². The van der Waals surface area contributed by atoms with Crippen molar-refractivity contribution in [3.05, 3.63) is 35.1 Å². The minimum Gasteiger partial charge on any atom is -0.310 e. The van der Waals surface area contributed by atoms with Crippen molar-refractivity contribution in [1.29, 1.82) is 0 Å². The van der Waals surface area contributed by atoms with Gasteiger partial charge in [-0.15, -0.1) is 0 Å². The largest absolute Gasteiger partial charge is 0.310 e. The molecule has 1 fully saturated rings. The van der Waals surface area contributed by atoms with Gasteiger partial charge in [-0.2, -0.15) is 0 Å². The van der Waals surface area contributed by atoms with E-state index in [0.29, 0.717) is 12.0 Å². The van der Waals surface area contributed by atoms with E-state index in [1.807, 2.05) is 19.1 Å². The van der Waals surface area contributed by atoms with Gasteiger partial charge in [0.15, 0.2) is 0 Å². The van der Waals surface area contributed by atoms with Crippen LogP contribution < -0.4 is 5.32 Å². The summed E-state index contributed by atoms with van der Waals surface area (Å²) in [5, 5.41) is 3.64. The Labute approximate surface area is 123 Å². The molecule has 1 N–H and O–H groups in total. The van der Waals surface area contributed by atoms with Crippen molar-refractivity contribution >= 4 is 0 Å². The summed E-state index contributed by atoms with van der Waals surface area (Å²) in [5.74, 6) is 1.47. The lowest BCUT2D eigenvalue weighted by Crippen LogP contribution is -2.31. The van der Waals surface area contributed by atoms with Gasteiger partial charge in [-0.05, 0) is 55.3 Å². The van der Waals surface area contributed by atoms with Gasteiger partial charge in [-0.25, -0.2) is 4.39 Å². The molecule has 3 unspecified atom stereocenters. The summed E-state index contributed by atoms with van der Waals surface area (Å²) in [6.45, 7) is 7.28. The zero-order valence-corrected chi connectivity index (χ0v) is 13.1. The van der Waals surface area contributed by atoms with E-state index < -0.39 is 0 Å². The molecule has 0 spiro atoms. The lowest BCUT2D eigenvalue weighted by atomic mass is 9.75. The minimum absolute atomic E-state index is 0.0981. The van der Waals surface area contributed by atoms with Crippen LogP contribution in [0.1, 0.15) is 63.1 Å². The summed E-state index contributed by atoms with van der Waals surface area (Å²) < 4.78 is 13.5. The van der Waals surface area contributed by atoms with Crippen molar-refractivity contribution in [3.8, 4) is 0 Å². The van der Waals surface area contributed by atoms with Gasteiger partial charge in [-0.3, -0.25) is 0 Å². The Morgan fingerprint density at radius 1 is 1.30 bits per heavy atom. The molecule has 0 bridgehead atoms. The number of nitrogens with one attached hydrogen (secondary N) is 1. The molecule has 1 aromatic carbocycles. The van der Waals surface area contributed by atoms with E-state index in [-0.39, 0.29) is 5.82 Å². The Morgan fingerprint density at radius 3 is 2.75 bits per heavy atom. The Kier molecular flexibility index (Phi) is 5.59. The molecule has 1 aliphatic carbocycles. The van der Waals surface area contributed by atoms with Crippen LogP contribution in [0.15, 0.2) is 18.2 Å². The molecular formula is C18H28FN. The van der Waals surface area contributed by atoms with Gasteiger partial charge in [0.25, 0.3) is 0 Å². The first-order valence-electron chi connectivity index (χ1n) is 8.15. The van der Waals surface area contributed by atoms with Crippen molar-refractivity contribution in [2.24, 2.45) is 11.8 Å². The SMILES string of the molecule is CCNC(c1ccc(F)c(C)c1)C1CCCC(CC)C1. The minimum atomic E-state index is -0.0981. The summed E-state index contributed by atoms with van der Waals surface area (Å²) in [6.07, 6.45) is 6.62. The second kappa shape index (κ2) is 7.21. The summed E-state index contributed by atoms with van der Waals surface area (Å²) in [4.78, 5) is 0. The highest BCUT2D eigenvalue weighted by Gasteiger charge is 2.28. The highest BCUT2D eigenvalue weighted by molar-refractivity contribution is 5.27. The maximum atomic E-state index is 13.5. The molecule has 0 aromatic heterocycles. The van der Waals surface area contributed by atoms with E-state index in [9.17, 15) is 4.39 Å². The molecule has 112 valence electrons. The second-order valence-corrected chi connectivity index (χ2v) is 6.24. The maximum Gasteiger partial charge on any atom is 0.126 e. The van der Waals surface area contributed by atoms with Gasteiger partial charge in [0, 0.05) is 6.04 Å². The van der Waals surface area contributed by atoms with E-state index >= 15 is 0 Å². The van der Waals surface area contributed by atoms with Crippen molar-refractivity contribution in [2.45, 2.75) is 58.9 Å². The standard InChI is InChI=1S/C18H28FN/c1-4-14-7-6-8-15(12-14)18(20-5-2)16-9-10-17(19)13(3)11-16/h9-11,14-15,18,20H,4-8,12H2,1-3H3. The highest BCUT2D eigenvalue weighted by Crippen LogP contribution is 2.38. The van der Waals surface area contributed by atoms with E-state index in [1.165, 1.54) is 37.7 Å². The van der Waals surface area contributed by atoms with Crippen LogP contribution in [-0.2, 0) is 0 Å². The van der Waals surface area contributed by atoms with Gasteiger partial charge in [0.2, 0.25) is 0 Å². The topological polar surface area (TPSA) is 12.0 Å². The zero-order valence-electron chi connectivity index (χ0n) is 13.1. The number of aryl methyl sites for hydroxylation is 1. The first-order valence-corrected chi connectivity index (χ1v) is 8.15. The third kappa shape index (κ3) is 3.60. The van der Waals surface area contributed by atoms with Crippen molar-refractivity contribution < 1.29 is 4.39 Å². The predicted molar refractivity (Wildman–Crippen MR) is 83.3 cm³/mol. The first-order chi connectivity index (χ1) is 9.65. The molecule has 2 rings (SSSR count). The van der Waals surface area contributed by atoms with E-state index in [2.05, 4.69) is 19.2 Å². The number of halogens is 1. The summed E-state index contributed by atoms with van der Waals surface area (Å²) in [7, 11) is 0. The van der Waals surface area contributed by atoms with E-state index in [0.717, 1.165) is 18.0 Å². The second-order valence-electron chi connectivity index (χ2n) is 6.24. The predicted octanol–water partition coefficient (Wildman–Crippen LogP) is 5.00. The maximum absolute atomic E-state index is 13.5. The van der Waals surface area contributed by atoms with E-state index in [4.69, 9.17) is 0 Å². The fourth-order valence-corrected chi connectivity index (χ4v) is 3.64. The van der Waals surface area contributed by atoms with Crippen LogP contribution in [0.2, 0.25) is 0 Å². The van der Waals surface area contributed by atoms with Crippen LogP contribution >= 0.6 is 0 Å². The molecule has 0 aliphatic heterocycles. The van der Waals surface area contributed by atoms with E-state index in [1.54, 1.807) is 6.07 Å². The van der Waals surface area contributed by atoms with Crippen LogP contribution in [0.5, 0.6) is 0 Å². The van der Waals surface area contributed by atoms with Gasteiger partial charge in [0.05, 0.1) is 0 Å². The van der Waals surface area contributed by atoms with Crippen LogP contribution in [-0.4, -0.2) is 6.54 Å². The summed E-state index contributed by atoms with van der Waals surface area (Å²) in [6, 6.07) is 5.99. The monoisotopic (exact) mass is 277 g/mol. The molecule has 1 aromatic rings. The normalized spacial score (nSPS) is 24.6. The molecule has 1 aliphatic rings. The van der Waals surface area contributed by atoms with Crippen molar-refractivity contribution in [3.63, 3.8) is 0 Å². The molecule has 1 saturated carbocycles. The Morgan fingerprint density at radius 2 is 2.10 bits per heavy atom. The van der Waals surface area contributed by atoms with Gasteiger partial charge in [-0.1, -0.05) is 45.2 Å². The summed E-state index contributed by atoms with van der Waals surface area (Å²) in [5.41, 5.74) is 2.01. The molecule has 2 heteroatoms. The fourth-order valence-electron chi connectivity index (χ4n) is 3.64. The smallest absolute Gasteiger partial charge is 0.126 e. The Balaban J connectivity index is 2.18. The molecule has 3 atom stereocenters. The number of benzene rings is 1. The molecule has 0 radical (unpaired) electrons. The fraction of sp³-hybridized carbons (Fsp3) is 0.667. The molecule has 0 heterocycles. The van der Waals surface area contributed by atoms with Crippen molar-refractivity contribution in [2.75, 3.05) is 6.54 Å². The lowest BCUT2D eigenvalue weighted by molar-refractivity contribution is 0.210. The zero-order chi connectivity index (χ0) is 14.5. The molecule has 1 nitrogen and oxygen atoms in total. The third-order valence-corrected chi connectivity index (χ3v) is 4.84. The highest BCUT2D eigenvalue weighted by atomic mass is 19.1. The molecular weight excluding hydrogens is 249 g/mol. The Hall–Kier alpha value is -0.890. The third-order valence-electron chi connectivity index (χ3n) is 4.84. The average Bonchev–Trinajstić information content (AvgIpc) is 2.48. The van der Waals surface area contributed by atoms with Crippen LogP contribution in [0.3, 0.4) is 0 Å². The number of rotatable bonds is 5. The molecule has 0 saturated heterocycles. The Bertz CT molecular complexity index is 429. The number of hydrogen-bond acceptors (Lipinski definition) is 1.